The number of rotatable bonds is 2. The van der Waals surface area contributed by atoms with E-state index >= 15 is 0 Å². The molecule has 1 fully saturated rings. The van der Waals surface area contributed by atoms with Gasteiger partial charge in [0.1, 0.15) is 0 Å². The Morgan fingerprint density at radius 2 is 2.14 bits per heavy atom. The monoisotopic (exact) mass is 207 g/mol. The molecule has 0 aromatic heterocycles. The minimum absolute atomic E-state index is 0.0998. The summed E-state index contributed by atoms with van der Waals surface area (Å²) in [5.41, 5.74) is 1.29. The van der Waals surface area contributed by atoms with Gasteiger partial charge in [0.2, 0.25) is 0 Å². The van der Waals surface area contributed by atoms with Crippen LogP contribution in [0.15, 0.2) is 30.3 Å². The van der Waals surface area contributed by atoms with Crippen LogP contribution >= 0.6 is 12.6 Å². The first-order valence-electron chi connectivity index (χ1n) is 4.81. The van der Waals surface area contributed by atoms with Crippen molar-refractivity contribution in [2.75, 3.05) is 6.54 Å². The lowest BCUT2D eigenvalue weighted by atomic mass is 9.96. The molecule has 1 aromatic rings. The van der Waals surface area contributed by atoms with Crippen molar-refractivity contribution < 1.29 is 4.79 Å². The Bertz CT molecular complexity index is 325. The lowest BCUT2D eigenvalue weighted by Crippen LogP contribution is -2.50. The molecule has 3 heteroatoms. The Labute approximate surface area is 89.3 Å². The molecule has 1 amide bonds. The van der Waals surface area contributed by atoms with E-state index < -0.39 is 0 Å². The predicted molar refractivity (Wildman–Crippen MR) is 59.6 cm³/mol. The van der Waals surface area contributed by atoms with E-state index in [1.807, 2.05) is 23.1 Å². The van der Waals surface area contributed by atoms with Gasteiger partial charge < -0.3 is 4.90 Å². The zero-order chi connectivity index (χ0) is 9.97. The van der Waals surface area contributed by atoms with Gasteiger partial charge in [0.25, 0.3) is 5.24 Å². The Kier molecular flexibility index (Phi) is 2.77. The largest absolute Gasteiger partial charge is 0.330 e. The second-order valence-electron chi connectivity index (χ2n) is 3.61. The fourth-order valence-electron chi connectivity index (χ4n) is 1.79. The maximum absolute atomic E-state index is 11.0. The van der Waals surface area contributed by atoms with Gasteiger partial charge in [-0.15, -0.1) is 0 Å². The standard InChI is InChI=1S/C11H13NOS/c13-11(14)12-7-6-10(12)8-9-4-2-1-3-5-9/h1-5,10H,6-8H2,(H,13,14)/t10-/m1/s1. The predicted octanol–water partition coefficient (Wildman–Crippen LogP) is 2.35. The maximum atomic E-state index is 11.0. The minimum atomic E-state index is -0.0998. The van der Waals surface area contributed by atoms with Crippen LogP contribution in [0.4, 0.5) is 4.79 Å². The van der Waals surface area contributed by atoms with Crippen molar-refractivity contribution in [3.05, 3.63) is 35.9 Å². The van der Waals surface area contributed by atoms with Crippen molar-refractivity contribution in [3.63, 3.8) is 0 Å². The number of amides is 1. The molecule has 0 bridgehead atoms. The van der Waals surface area contributed by atoms with Crippen molar-refractivity contribution in [3.8, 4) is 0 Å². The van der Waals surface area contributed by atoms with Crippen molar-refractivity contribution in [1.82, 2.24) is 4.90 Å². The molecule has 1 aliphatic heterocycles. The number of thiol groups is 1. The second kappa shape index (κ2) is 4.05. The molecule has 1 atom stereocenters. The number of nitrogens with zero attached hydrogens (tertiary/aromatic N) is 1. The van der Waals surface area contributed by atoms with E-state index in [1.54, 1.807) is 0 Å². The van der Waals surface area contributed by atoms with E-state index in [2.05, 4.69) is 24.8 Å². The number of carbonyl (C=O) groups is 1. The van der Waals surface area contributed by atoms with E-state index in [0.717, 1.165) is 19.4 Å². The SMILES string of the molecule is O=C(S)N1CC[C@@H]1Cc1ccccc1. The third-order valence-electron chi connectivity index (χ3n) is 2.70. The average Bonchev–Trinajstić information content (AvgIpc) is 2.13. The van der Waals surface area contributed by atoms with Crippen LogP contribution in [0.2, 0.25) is 0 Å². The number of benzene rings is 1. The molecule has 0 N–H and O–H groups in total. The Morgan fingerprint density at radius 1 is 1.43 bits per heavy atom. The van der Waals surface area contributed by atoms with E-state index in [4.69, 9.17) is 0 Å². The van der Waals surface area contributed by atoms with Gasteiger partial charge in [-0.3, -0.25) is 4.79 Å². The molecule has 0 unspecified atom stereocenters. The van der Waals surface area contributed by atoms with Crippen molar-refractivity contribution in [1.29, 1.82) is 0 Å². The van der Waals surface area contributed by atoms with Crippen LogP contribution in [0.5, 0.6) is 0 Å². The molecule has 14 heavy (non-hydrogen) atoms. The molecule has 1 heterocycles. The van der Waals surface area contributed by atoms with Crippen LogP contribution in [0, 0.1) is 0 Å². The lowest BCUT2D eigenvalue weighted by Gasteiger charge is -2.40. The smallest absolute Gasteiger partial charge is 0.278 e. The number of hydrogen-bond donors (Lipinski definition) is 1. The Balaban J connectivity index is 1.96. The van der Waals surface area contributed by atoms with E-state index in [0.29, 0.717) is 6.04 Å². The highest BCUT2D eigenvalue weighted by Crippen LogP contribution is 2.22. The first-order chi connectivity index (χ1) is 6.77. The van der Waals surface area contributed by atoms with Crippen LogP contribution in [-0.2, 0) is 6.42 Å². The quantitative estimate of drug-likeness (QED) is 0.738. The van der Waals surface area contributed by atoms with E-state index in [1.165, 1.54) is 5.56 Å². The summed E-state index contributed by atoms with van der Waals surface area (Å²) >= 11 is 3.84. The fraction of sp³-hybridized carbons (Fsp3) is 0.364. The first kappa shape index (κ1) is 9.59. The normalized spacial score (nSPS) is 20.4. The summed E-state index contributed by atoms with van der Waals surface area (Å²) < 4.78 is 0. The molecular weight excluding hydrogens is 194 g/mol. The molecule has 1 aromatic carbocycles. The first-order valence-corrected chi connectivity index (χ1v) is 5.25. The summed E-state index contributed by atoms with van der Waals surface area (Å²) in [5, 5.41) is -0.0998. The van der Waals surface area contributed by atoms with Crippen LogP contribution in [-0.4, -0.2) is 22.7 Å². The van der Waals surface area contributed by atoms with Gasteiger partial charge in [-0.2, -0.15) is 0 Å². The van der Waals surface area contributed by atoms with Gasteiger partial charge in [0, 0.05) is 12.6 Å². The number of carbonyl (C=O) groups excluding carboxylic acids is 1. The molecular formula is C11H13NOS. The summed E-state index contributed by atoms with van der Waals surface area (Å²) in [6, 6.07) is 10.6. The van der Waals surface area contributed by atoms with Crippen molar-refractivity contribution >= 4 is 17.9 Å². The summed E-state index contributed by atoms with van der Waals surface area (Å²) in [7, 11) is 0. The molecule has 2 nitrogen and oxygen atoms in total. The fourth-order valence-corrected chi connectivity index (χ4v) is 2.05. The zero-order valence-electron chi connectivity index (χ0n) is 7.89. The maximum Gasteiger partial charge on any atom is 0.278 e. The molecule has 1 saturated heterocycles. The van der Waals surface area contributed by atoms with Crippen LogP contribution in [0.1, 0.15) is 12.0 Å². The average molecular weight is 207 g/mol. The summed E-state index contributed by atoms with van der Waals surface area (Å²) in [6.45, 7) is 0.861. The lowest BCUT2D eigenvalue weighted by molar-refractivity contribution is 0.135. The van der Waals surface area contributed by atoms with Crippen LogP contribution in [0.3, 0.4) is 0 Å². The summed E-state index contributed by atoms with van der Waals surface area (Å²) in [6.07, 6.45) is 2.05. The van der Waals surface area contributed by atoms with Gasteiger partial charge in [-0.05, 0) is 18.4 Å². The summed E-state index contributed by atoms with van der Waals surface area (Å²) in [5.74, 6) is 0. The third kappa shape index (κ3) is 1.93. The van der Waals surface area contributed by atoms with Gasteiger partial charge in [0.15, 0.2) is 0 Å². The molecule has 0 radical (unpaired) electrons. The summed E-state index contributed by atoms with van der Waals surface area (Å²) in [4.78, 5) is 12.8. The molecule has 2 rings (SSSR count). The zero-order valence-corrected chi connectivity index (χ0v) is 8.78. The van der Waals surface area contributed by atoms with Gasteiger partial charge >= 0.3 is 0 Å². The van der Waals surface area contributed by atoms with Crippen LogP contribution < -0.4 is 0 Å². The number of likely N-dealkylation sites (tertiary alicyclic amines) is 1. The van der Waals surface area contributed by atoms with Gasteiger partial charge in [-0.1, -0.05) is 43.0 Å². The molecule has 1 aliphatic rings. The number of hydrogen-bond acceptors (Lipinski definition) is 1. The second-order valence-corrected chi connectivity index (χ2v) is 3.99. The highest BCUT2D eigenvalue weighted by atomic mass is 32.1. The van der Waals surface area contributed by atoms with Crippen molar-refractivity contribution in [2.24, 2.45) is 0 Å². The van der Waals surface area contributed by atoms with Gasteiger partial charge in [0.05, 0.1) is 0 Å². The topological polar surface area (TPSA) is 20.3 Å². The molecule has 74 valence electrons. The highest BCUT2D eigenvalue weighted by Gasteiger charge is 2.30. The van der Waals surface area contributed by atoms with E-state index in [-0.39, 0.29) is 5.24 Å². The molecule has 0 aliphatic carbocycles. The van der Waals surface area contributed by atoms with Crippen LogP contribution in [0.25, 0.3) is 0 Å². The molecule has 0 saturated carbocycles. The van der Waals surface area contributed by atoms with E-state index in [9.17, 15) is 4.79 Å². The Morgan fingerprint density at radius 3 is 2.64 bits per heavy atom. The molecule has 0 spiro atoms. The highest BCUT2D eigenvalue weighted by molar-refractivity contribution is 7.96. The van der Waals surface area contributed by atoms with Gasteiger partial charge in [-0.25, -0.2) is 0 Å². The Hall–Kier alpha value is -0.960. The minimum Gasteiger partial charge on any atom is -0.330 e. The van der Waals surface area contributed by atoms with Crippen molar-refractivity contribution in [2.45, 2.75) is 18.9 Å². The third-order valence-corrected chi connectivity index (χ3v) is 2.96.